The molecule has 0 saturated carbocycles. The lowest BCUT2D eigenvalue weighted by Crippen LogP contribution is -2.20. The van der Waals surface area contributed by atoms with Crippen LogP contribution in [0.25, 0.3) is 11.6 Å². The van der Waals surface area contributed by atoms with E-state index in [1.165, 1.54) is 0 Å². The van der Waals surface area contributed by atoms with E-state index in [-0.39, 0.29) is 22.7 Å². The van der Waals surface area contributed by atoms with Crippen molar-refractivity contribution in [1.82, 2.24) is 4.57 Å². The van der Waals surface area contributed by atoms with E-state index in [0.29, 0.717) is 16.2 Å². The van der Waals surface area contributed by atoms with Gasteiger partial charge in [0, 0.05) is 23.8 Å². The molecule has 1 atom stereocenters. The number of carboxylic acids is 2. The highest BCUT2D eigenvalue weighted by molar-refractivity contribution is 7.73. The largest absolute Gasteiger partial charge is 0.497 e. The van der Waals surface area contributed by atoms with Gasteiger partial charge in [0.25, 0.3) is 0 Å². The minimum Gasteiger partial charge on any atom is -0.497 e. The highest BCUT2D eigenvalue weighted by Gasteiger charge is 2.26. The van der Waals surface area contributed by atoms with Crippen LogP contribution in [0.3, 0.4) is 0 Å². The van der Waals surface area contributed by atoms with Gasteiger partial charge in [0.1, 0.15) is 11.8 Å². The molecule has 10 heteroatoms. The van der Waals surface area contributed by atoms with Crippen LogP contribution in [-0.4, -0.2) is 45.1 Å². The van der Waals surface area contributed by atoms with E-state index >= 15 is 0 Å². The lowest BCUT2D eigenvalue weighted by molar-refractivity contribution is -0.142. The van der Waals surface area contributed by atoms with E-state index in [4.69, 9.17) is 22.1 Å². The van der Waals surface area contributed by atoms with Gasteiger partial charge >= 0.3 is 11.9 Å². The second-order valence-electron chi connectivity index (χ2n) is 5.95. The van der Waals surface area contributed by atoms with Crippen LogP contribution < -0.4 is 4.74 Å². The Kier molecular flexibility index (Phi) is 5.61. The minimum absolute atomic E-state index is 0.142. The highest BCUT2D eigenvalue weighted by Crippen LogP contribution is 2.39. The molecule has 0 saturated heterocycles. The molecule has 8 nitrogen and oxygen atoms in total. The van der Waals surface area contributed by atoms with E-state index in [9.17, 15) is 19.8 Å². The van der Waals surface area contributed by atoms with Crippen molar-refractivity contribution in [2.75, 3.05) is 7.11 Å². The molecule has 0 bridgehead atoms. The molecular formula is C18H16N2O6S2. The number of benzene rings is 1. The number of rotatable bonds is 7. The van der Waals surface area contributed by atoms with Crippen molar-refractivity contribution in [1.29, 1.82) is 0 Å². The maximum Gasteiger partial charge on any atom is 0.326 e. The molecule has 0 radical (unpaired) electrons. The third-order valence-electron chi connectivity index (χ3n) is 4.21. The zero-order valence-corrected chi connectivity index (χ0v) is 16.3. The molecule has 3 N–H and O–H groups in total. The molecule has 2 aromatic rings. The van der Waals surface area contributed by atoms with Gasteiger partial charge in [-0.25, -0.2) is 4.79 Å². The number of nitrogens with zero attached hydrogens (tertiary/aromatic N) is 2. The Morgan fingerprint density at radius 1 is 1.39 bits per heavy atom. The quantitative estimate of drug-likeness (QED) is 0.583. The average molecular weight is 420 g/mol. The molecule has 0 spiro atoms. The van der Waals surface area contributed by atoms with E-state index in [2.05, 4.69) is 4.99 Å². The Morgan fingerprint density at radius 3 is 2.79 bits per heavy atom. The number of fused-ring (bicyclic) bond motifs is 1. The summed E-state index contributed by atoms with van der Waals surface area (Å²) in [6, 6.07) is 4.15. The van der Waals surface area contributed by atoms with Gasteiger partial charge in [-0.2, -0.15) is 0 Å². The van der Waals surface area contributed by atoms with Gasteiger partial charge in [0.05, 0.1) is 17.7 Å². The Hall–Kier alpha value is -2.98. The fourth-order valence-electron chi connectivity index (χ4n) is 2.84. The minimum atomic E-state index is -1.27. The number of aromatic hydroxyl groups is 1. The lowest BCUT2D eigenvalue weighted by Gasteiger charge is -2.14. The van der Waals surface area contributed by atoms with E-state index in [1.807, 2.05) is 12.1 Å². The summed E-state index contributed by atoms with van der Waals surface area (Å²) in [7, 11) is 1.56. The number of hydrogen-bond donors (Lipinski definition) is 3. The molecule has 0 fully saturated rings. The summed E-state index contributed by atoms with van der Waals surface area (Å²) in [4.78, 5) is 27.1. The predicted molar refractivity (Wildman–Crippen MR) is 107 cm³/mol. The van der Waals surface area contributed by atoms with E-state index < -0.39 is 18.0 Å². The van der Waals surface area contributed by atoms with Gasteiger partial charge in [0.15, 0.2) is 3.95 Å². The van der Waals surface area contributed by atoms with Crippen LogP contribution in [0.2, 0.25) is 0 Å². The fourth-order valence-corrected chi connectivity index (χ4v) is 4.20. The van der Waals surface area contributed by atoms with Crippen molar-refractivity contribution >= 4 is 59.0 Å². The zero-order chi connectivity index (χ0) is 20.4. The Bertz CT molecular complexity index is 1070. The van der Waals surface area contributed by atoms with Crippen molar-refractivity contribution in [3.8, 4) is 11.6 Å². The van der Waals surface area contributed by atoms with Gasteiger partial charge < -0.3 is 20.1 Å². The molecule has 28 heavy (non-hydrogen) atoms. The Balaban J connectivity index is 2.01. The first-order chi connectivity index (χ1) is 13.3. The Labute approximate surface area is 168 Å². The standard InChI is InChI=1S/C18H16N2O6S2/c1-26-10-2-3-12-11(7-10)9(8-19-12)6-14-16(23)20(18(27)28-14)13(17(24)25)4-5-15(21)22/h2-3,6-8,13,23H,4-5H2,1H3,(H,21,22)(H,24,25)/b9-6+. The van der Waals surface area contributed by atoms with Crippen LogP contribution in [0.4, 0.5) is 5.69 Å². The molecule has 0 amide bonds. The topological polar surface area (TPSA) is 121 Å². The molecule has 1 unspecified atom stereocenters. The van der Waals surface area contributed by atoms with E-state index in [1.54, 1.807) is 25.5 Å². The summed E-state index contributed by atoms with van der Waals surface area (Å²) in [6.45, 7) is 0. The van der Waals surface area contributed by atoms with Crippen LogP contribution in [0.1, 0.15) is 29.3 Å². The van der Waals surface area contributed by atoms with Crippen molar-refractivity contribution in [2.24, 2.45) is 4.99 Å². The number of methoxy groups -OCH3 is 1. The van der Waals surface area contributed by atoms with Crippen LogP contribution in [0.15, 0.2) is 23.2 Å². The van der Waals surface area contributed by atoms with Crippen LogP contribution in [0, 0.1) is 3.95 Å². The highest BCUT2D eigenvalue weighted by atomic mass is 32.1. The van der Waals surface area contributed by atoms with Crippen molar-refractivity contribution in [2.45, 2.75) is 18.9 Å². The maximum absolute atomic E-state index is 11.6. The number of carbonyl (C=O) groups is 2. The maximum atomic E-state index is 11.6. The van der Waals surface area contributed by atoms with Gasteiger partial charge in [0.2, 0.25) is 5.88 Å². The number of aromatic nitrogens is 1. The average Bonchev–Trinajstić information content (AvgIpc) is 3.16. The lowest BCUT2D eigenvalue weighted by atomic mass is 10.1. The molecule has 1 aromatic carbocycles. The summed E-state index contributed by atoms with van der Waals surface area (Å²) in [5, 5.41) is 28.9. The smallest absolute Gasteiger partial charge is 0.326 e. The van der Waals surface area contributed by atoms with E-state index in [0.717, 1.165) is 27.2 Å². The van der Waals surface area contributed by atoms with Gasteiger partial charge in [-0.1, -0.05) is 0 Å². The summed E-state index contributed by atoms with van der Waals surface area (Å²) in [5.41, 5.74) is 2.27. The number of allylic oxidation sites excluding steroid dienone is 1. The monoisotopic (exact) mass is 420 g/mol. The number of carboxylic acid groups (broad SMARTS) is 2. The summed E-state index contributed by atoms with van der Waals surface area (Å²) >= 11 is 6.26. The molecule has 1 aliphatic heterocycles. The number of hydrogen-bond acceptors (Lipinski definition) is 7. The molecule has 1 aliphatic rings. The summed E-state index contributed by atoms with van der Waals surface area (Å²) in [5.74, 6) is -2.04. The van der Waals surface area contributed by atoms with Gasteiger partial charge in [-0.15, -0.1) is 11.3 Å². The molecule has 2 heterocycles. The zero-order valence-electron chi connectivity index (χ0n) is 14.7. The third kappa shape index (κ3) is 3.82. The first-order valence-electron chi connectivity index (χ1n) is 8.15. The normalized spacial score (nSPS) is 14.8. The number of aliphatic carboxylic acids is 2. The first-order valence-corrected chi connectivity index (χ1v) is 9.37. The predicted octanol–water partition coefficient (Wildman–Crippen LogP) is 3.74. The van der Waals surface area contributed by atoms with Crippen molar-refractivity contribution in [3.05, 3.63) is 32.6 Å². The second-order valence-corrected chi connectivity index (χ2v) is 7.63. The number of thiazole rings is 1. The van der Waals surface area contributed by atoms with Crippen molar-refractivity contribution in [3.63, 3.8) is 0 Å². The Morgan fingerprint density at radius 2 is 2.14 bits per heavy atom. The van der Waals surface area contributed by atoms with Crippen LogP contribution in [0.5, 0.6) is 11.6 Å². The molecular weight excluding hydrogens is 404 g/mol. The summed E-state index contributed by atoms with van der Waals surface area (Å²) < 4.78 is 6.45. The SMILES string of the molecule is COc1ccc2c(c1)/C(=C/c1sc(=S)n(C(CCC(=O)O)C(=O)O)c1O)C=N2. The fraction of sp³-hybridized carbons (Fsp3) is 0.222. The van der Waals surface area contributed by atoms with Gasteiger partial charge in [-0.05, 0) is 42.9 Å². The molecule has 1 aromatic heterocycles. The van der Waals surface area contributed by atoms with Crippen LogP contribution >= 0.6 is 23.6 Å². The number of ether oxygens (including phenoxy) is 1. The molecule has 0 aliphatic carbocycles. The number of aliphatic imine (C=N–C) groups is 1. The summed E-state index contributed by atoms with van der Waals surface area (Å²) in [6.07, 6.45) is 2.75. The third-order valence-corrected chi connectivity index (χ3v) is 5.55. The first kappa shape index (κ1) is 19.8. The van der Waals surface area contributed by atoms with Crippen molar-refractivity contribution < 1.29 is 29.6 Å². The molecule has 3 rings (SSSR count). The van der Waals surface area contributed by atoms with Crippen LogP contribution in [-0.2, 0) is 9.59 Å². The van der Waals surface area contributed by atoms with Gasteiger partial charge in [-0.3, -0.25) is 14.4 Å². The second kappa shape index (κ2) is 7.95. The molecule has 146 valence electrons.